The third-order valence-electron chi connectivity index (χ3n) is 4.61. The van der Waals surface area contributed by atoms with E-state index in [1.54, 1.807) is 6.07 Å². The summed E-state index contributed by atoms with van der Waals surface area (Å²) < 4.78 is 0. The Morgan fingerprint density at radius 3 is 2.87 bits per heavy atom. The molecule has 1 aromatic rings. The van der Waals surface area contributed by atoms with Crippen molar-refractivity contribution in [2.45, 2.75) is 25.3 Å². The third-order valence-corrected chi connectivity index (χ3v) is 5.94. The van der Waals surface area contributed by atoms with Crippen molar-refractivity contribution in [2.24, 2.45) is 11.7 Å². The molecule has 0 bridgehead atoms. The fourth-order valence-electron chi connectivity index (χ4n) is 3.56. The van der Waals surface area contributed by atoms with Gasteiger partial charge in [0.15, 0.2) is 0 Å². The molecular formula is C15H21Cl2N3O2S. The van der Waals surface area contributed by atoms with Crippen LogP contribution in [0.25, 0.3) is 0 Å². The molecular weight excluding hydrogens is 357 g/mol. The summed E-state index contributed by atoms with van der Waals surface area (Å²) in [7, 11) is 0. The minimum atomic E-state index is 0. The fraction of sp³-hybridized carbons (Fsp3) is 0.600. The zero-order chi connectivity index (χ0) is 15.7. The number of fused-ring (bicyclic) bond motifs is 1. The van der Waals surface area contributed by atoms with Crippen LogP contribution in [0.15, 0.2) is 11.4 Å². The lowest BCUT2D eigenvalue weighted by Crippen LogP contribution is -2.57. The van der Waals surface area contributed by atoms with E-state index in [9.17, 15) is 9.59 Å². The summed E-state index contributed by atoms with van der Waals surface area (Å²) in [5.41, 5.74) is 5.63. The molecule has 128 valence electrons. The van der Waals surface area contributed by atoms with E-state index in [1.165, 1.54) is 11.3 Å². The number of rotatable bonds is 3. The van der Waals surface area contributed by atoms with Crippen molar-refractivity contribution < 1.29 is 9.59 Å². The number of carbonyl (C=O) groups is 2. The van der Waals surface area contributed by atoms with Gasteiger partial charge in [-0.3, -0.25) is 9.59 Å². The van der Waals surface area contributed by atoms with Gasteiger partial charge in [0.1, 0.15) is 4.88 Å². The lowest BCUT2D eigenvalue weighted by molar-refractivity contribution is -0.140. The van der Waals surface area contributed by atoms with Crippen LogP contribution in [0.2, 0.25) is 5.02 Å². The zero-order valence-corrected chi connectivity index (χ0v) is 15.1. The Morgan fingerprint density at radius 2 is 2.22 bits per heavy atom. The first-order valence-electron chi connectivity index (χ1n) is 7.63. The van der Waals surface area contributed by atoms with Gasteiger partial charge in [-0.15, -0.1) is 23.7 Å². The Bertz CT molecular complexity index is 581. The van der Waals surface area contributed by atoms with Crippen LogP contribution in [0, 0.1) is 5.92 Å². The predicted molar refractivity (Wildman–Crippen MR) is 94.4 cm³/mol. The van der Waals surface area contributed by atoms with Crippen LogP contribution in [0.5, 0.6) is 0 Å². The lowest BCUT2D eigenvalue weighted by Gasteiger charge is -2.47. The number of likely N-dealkylation sites (tertiary alicyclic amines) is 2. The molecule has 2 aliphatic rings. The molecule has 0 unspecified atom stereocenters. The molecule has 0 aromatic carbocycles. The summed E-state index contributed by atoms with van der Waals surface area (Å²) >= 11 is 7.46. The molecule has 2 N–H and O–H groups in total. The van der Waals surface area contributed by atoms with E-state index in [1.807, 2.05) is 15.2 Å². The molecule has 0 saturated carbocycles. The van der Waals surface area contributed by atoms with E-state index in [0.29, 0.717) is 48.4 Å². The summed E-state index contributed by atoms with van der Waals surface area (Å²) in [4.78, 5) is 29.1. The van der Waals surface area contributed by atoms with Gasteiger partial charge in [-0.25, -0.2) is 0 Å². The van der Waals surface area contributed by atoms with Crippen LogP contribution in [0.1, 0.15) is 28.9 Å². The Balaban J connectivity index is 0.00000192. The summed E-state index contributed by atoms with van der Waals surface area (Å²) in [6.45, 7) is 2.47. The average Bonchev–Trinajstić information content (AvgIpc) is 2.95. The number of nitrogens with two attached hydrogens (primary N) is 1. The third kappa shape index (κ3) is 3.65. The van der Waals surface area contributed by atoms with Crippen molar-refractivity contribution in [1.29, 1.82) is 0 Å². The molecule has 5 nitrogen and oxygen atoms in total. The molecule has 23 heavy (non-hydrogen) atoms. The number of hydrogen-bond donors (Lipinski definition) is 1. The molecule has 2 atom stereocenters. The average molecular weight is 378 g/mol. The van der Waals surface area contributed by atoms with Crippen molar-refractivity contribution in [3.8, 4) is 0 Å². The molecule has 2 amide bonds. The number of hydrogen-bond acceptors (Lipinski definition) is 4. The highest BCUT2D eigenvalue weighted by Gasteiger charge is 2.40. The van der Waals surface area contributed by atoms with Gasteiger partial charge in [0.05, 0.1) is 5.02 Å². The van der Waals surface area contributed by atoms with Gasteiger partial charge >= 0.3 is 0 Å². The predicted octanol–water partition coefficient (Wildman–Crippen LogP) is 2.24. The molecule has 2 saturated heterocycles. The highest BCUT2D eigenvalue weighted by atomic mass is 35.5. The molecule has 2 fully saturated rings. The lowest BCUT2D eigenvalue weighted by atomic mass is 9.83. The van der Waals surface area contributed by atoms with Gasteiger partial charge in [0.2, 0.25) is 5.91 Å². The number of nitrogens with zero attached hydrogens (tertiary/aromatic N) is 2. The fourth-order valence-corrected chi connectivity index (χ4v) is 4.66. The van der Waals surface area contributed by atoms with Gasteiger partial charge < -0.3 is 15.5 Å². The first kappa shape index (κ1) is 18.5. The van der Waals surface area contributed by atoms with Crippen molar-refractivity contribution in [1.82, 2.24) is 9.80 Å². The van der Waals surface area contributed by atoms with Crippen LogP contribution < -0.4 is 5.73 Å². The van der Waals surface area contributed by atoms with Crippen molar-refractivity contribution >= 4 is 47.2 Å². The normalized spacial score (nSPS) is 24.2. The molecule has 0 aliphatic carbocycles. The second kappa shape index (κ2) is 7.83. The first-order valence-corrected chi connectivity index (χ1v) is 8.89. The standard InChI is InChI=1S/C15H20ClN3O2S.ClH/c16-11-4-8-22-14(11)15(21)18-6-3-12-10(9-18)1-2-13(20)19(12)7-5-17;/h4,8,10,12H,1-3,5-7,9,17H2;1H/t10-,12+;/m0./s1. The molecule has 8 heteroatoms. The van der Waals surface area contributed by atoms with Gasteiger partial charge in [-0.2, -0.15) is 0 Å². The highest BCUT2D eigenvalue weighted by Crippen LogP contribution is 2.33. The summed E-state index contributed by atoms with van der Waals surface area (Å²) in [6, 6.07) is 1.99. The van der Waals surface area contributed by atoms with Crippen molar-refractivity contribution in [3.63, 3.8) is 0 Å². The molecule has 0 radical (unpaired) electrons. The largest absolute Gasteiger partial charge is 0.338 e. The van der Waals surface area contributed by atoms with Gasteiger partial charge in [-0.05, 0) is 30.2 Å². The van der Waals surface area contributed by atoms with Gasteiger partial charge in [-0.1, -0.05) is 11.6 Å². The van der Waals surface area contributed by atoms with Crippen LogP contribution >= 0.6 is 35.3 Å². The Kier molecular flexibility index (Phi) is 6.31. The number of halogens is 2. The Hall–Kier alpha value is -0.820. The van der Waals surface area contributed by atoms with E-state index >= 15 is 0 Å². The van der Waals surface area contributed by atoms with Gasteiger partial charge in [0, 0.05) is 38.6 Å². The monoisotopic (exact) mass is 377 g/mol. The Labute approximate surface area is 151 Å². The van der Waals surface area contributed by atoms with Crippen LogP contribution in [-0.2, 0) is 4.79 Å². The van der Waals surface area contributed by atoms with Gasteiger partial charge in [0.25, 0.3) is 5.91 Å². The number of thiophene rings is 1. The second-order valence-electron chi connectivity index (χ2n) is 5.88. The number of amides is 2. The number of piperidine rings is 2. The summed E-state index contributed by atoms with van der Waals surface area (Å²) in [6.07, 6.45) is 2.24. The van der Waals surface area contributed by atoms with E-state index < -0.39 is 0 Å². The van der Waals surface area contributed by atoms with Crippen molar-refractivity contribution in [2.75, 3.05) is 26.2 Å². The minimum absolute atomic E-state index is 0. The quantitative estimate of drug-likeness (QED) is 0.877. The minimum Gasteiger partial charge on any atom is -0.338 e. The van der Waals surface area contributed by atoms with Crippen LogP contribution in [0.4, 0.5) is 0 Å². The van der Waals surface area contributed by atoms with Crippen LogP contribution in [-0.4, -0.2) is 53.8 Å². The summed E-state index contributed by atoms with van der Waals surface area (Å²) in [5.74, 6) is 0.564. The summed E-state index contributed by atoms with van der Waals surface area (Å²) in [5, 5.41) is 2.37. The van der Waals surface area contributed by atoms with E-state index in [-0.39, 0.29) is 30.3 Å². The van der Waals surface area contributed by atoms with Crippen molar-refractivity contribution in [3.05, 3.63) is 21.3 Å². The second-order valence-corrected chi connectivity index (χ2v) is 7.20. The zero-order valence-electron chi connectivity index (χ0n) is 12.7. The first-order chi connectivity index (χ1) is 10.6. The maximum absolute atomic E-state index is 12.6. The SMILES string of the molecule is Cl.NCCN1C(=O)CC[C@H]2CN(C(=O)c3sccc3Cl)CC[C@H]21. The topological polar surface area (TPSA) is 66.6 Å². The molecule has 3 heterocycles. The smallest absolute Gasteiger partial charge is 0.265 e. The molecule has 1 aromatic heterocycles. The van der Waals surface area contributed by atoms with E-state index in [2.05, 4.69) is 0 Å². The molecule has 0 spiro atoms. The molecule has 3 rings (SSSR count). The maximum Gasteiger partial charge on any atom is 0.265 e. The molecule has 2 aliphatic heterocycles. The van der Waals surface area contributed by atoms with E-state index in [4.69, 9.17) is 17.3 Å². The number of carbonyl (C=O) groups excluding carboxylic acids is 2. The Morgan fingerprint density at radius 1 is 1.43 bits per heavy atom. The van der Waals surface area contributed by atoms with Crippen LogP contribution in [0.3, 0.4) is 0 Å². The van der Waals surface area contributed by atoms with E-state index in [0.717, 1.165) is 12.8 Å². The maximum atomic E-state index is 12.6. The highest BCUT2D eigenvalue weighted by molar-refractivity contribution is 7.12.